The molecule has 0 spiro atoms. The third kappa shape index (κ3) is 29.1. The minimum atomic E-state index is -0.774. The van der Waals surface area contributed by atoms with Gasteiger partial charge in [-0.1, -0.05) is 94.2 Å². The molecule has 0 heterocycles. The lowest BCUT2D eigenvalue weighted by Crippen LogP contribution is -2.30. The Balaban J connectivity index is 4.40. The maximum absolute atomic E-state index is 12.5. The van der Waals surface area contributed by atoms with Crippen LogP contribution in [0.5, 0.6) is 0 Å². The van der Waals surface area contributed by atoms with Gasteiger partial charge in [0.25, 0.3) is 0 Å². The number of hydrogen-bond donors (Lipinski definition) is 0. The summed E-state index contributed by atoms with van der Waals surface area (Å²) in [5.74, 6) is -0.941. The Morgan fingerprint density at radius 1 is 0.452 bits per heavy atom. The Morgan fingerprint density at radius 3 is 1.12 bits per heavy atom. The third-order valence-corrected chi connectivity index (χ3v) is 7.12. The van der Waals surface area contributed by atoms with E-state index in [-0.39, 0.29) is 31.1 Å². The van der Waals surface area contributed by atoms with Gasteiger partial charge in [-0.3, -0.25) is 14.4 Å². The van der Waals surface area contributed by atoms with E-state index in [2.05, 4.69) is 36.5 Å². The standard InChI is InChI=1S/C36H62O6/c1-4-7-10-13-16-19-22-25-28-34(37)40-31-33(42-36(39)30-27-24-21-18-15-12-9-6-3)32-41-35(38)29-26-23-20-17-14-11-8-5-2/h4-9,33H,10-32H2,1-3H3/b7-4+,8-5+,9-6+. The minimum Gasteiger partial charge on any atom is -0.462 e. The van der Waals surface area contributed by atoms with E-state index in [4.69, 9.17) is 14.2 Å². The average molecular weight is 591 g/mol. The van der Waals surface area contributed by atoms with E-state index in [1.54, 1.807) is 0 Å². The molecule has 0 rings (SSSR count). The van der Waals surface area contributed by atoms with Crippen LogP contribution in [0.2, 0.25) is 0 Å². The molecule has 0 aliphatic carbocycles. The summed E-state index contributed by atoms with van der Waals surface area (Å²) >= 11 is 0. The Morgan fingerprint density at radius 2 is 0.762 bits per heavy atom. The second kappa shape index (κ2) is 31.6. The van der Waals surface area contributed by atoms with Crippen LogP contribution < -0.4 is 0 Å². The summed E-state index contributed by atoms with van der Waals surface area (Å²) in [4.78, 5) is 37.0. The molecule has 0 N–H and O–H groups in total. The number of carbonyl (C=O) groups excluding carboxylic acids is 3. The van der Waals surface area contributed by atoms with Crippen molar-refractivity contribution in [2.45, 2.75) is 162 Å². The molecule has 6 nitrogen and oxygen atoms in total. The fourth-order valence-corrected chi connectivity index (χ4v) is 4.56. The maximum atomic E-state index is 12.5. The zero-order chi connectivity index (χ0) is 30.9. The van der Waals surface area contributed by atoms with Crippen molar-refractivity contribution in [3.63, 3.8) is 0 Å². The van der Waals surface area contributed by atoms with Gasteiger partial charge in [0.15, 0.2) is 6.10 Å². The Hall–Kier alpha value is -2.37. The lowest BCUT2D eigenvalue weighted by atomic mass is 10.1. The van der Waals surface area contributed by atoms with Gasteiger partial charge in [0.05, 0.1) is 0 Å². The number of carbonyl (C=O) groups is 3. The summed E-state index contributed by atoms with van der Waals surface area (Å²) < 4.78 is 16.4. The molecule has 242 valence electrons. The molecule has 0 amide bonds. The van der Waals surface area contributed by atoms with E-state index in [1.165, 1.54) is 19.3 Å². The first-order valence-electron chi connectivity index (χ1n) is 16.9. The van der Waals surface area contributed by atoms with Crippen molar-refractivity contribution in [3.8, 4) is 0 Å². The van der Waals surface area contributed by atoms with Gasteiger partial charge in [-0.2, -0.15) is 0 Å². The smallest absolute Gasteiger partial charge is 0.306 e. The number of esters is 3. The highest BCUT2D eigenvalue weighted by molar-refractivity contribution is 5.71. The molecule has 0 unspecified atom stereocenters. The van der Waals surface area contributed by atoms with E-state index < -0.39 is 6.10 Å². The Bertz CT molecular complexity index is 697. The number of hydrogen-bond acceptors (Lipinski definition) is 6. The lowest BCUT2D eigenvalue weighted by molar-refractivity contribution is -0.167. The molecule has 0 aliphatic heterocycles. The zero-order valence-electron chi connectivity index (χ0n) is 27.3. The SMILES string of the molecule is C/C=C/CCCCCCCC(=O)OCC(COC(=O)CCCCCCC/C=C/C)OC(=O)CCCCCCC/C=C/C. The largest absolute Gasteiger partial charge is 0.462 e. The Labute approximate surface area is 257 Å². The second-order valence-electron chi connectivity index (χ2n) is 11.1. The first-order valence-corrected chi connectivity index (χ1v) is 16.9. The van der Waals surface area contributed by atoms with Crippen molar-refractivity contribution >= 4 is 17.9 Å². The summed E-state index contributed by atoms with van der Waals surface area (Å²) in [6, 6.07) is 0. The molecule has 6 heteroatoms. The summed E-state index contributed by atoms with van der Waals surface area (Å²) in [6.07, 6.45) is 31.9. The Kier molecular flexibility index (Phi) is 29.8. The highest BCUT2D eigenvalue weighted by Gasteiger charge is 2.19. The second-order valence-corrected chi connectivity index (χ2v) is 11.1. The third-order valence-electron chi connectivity index (χ3n) is 7.12. The van der Waals surface area contributed by atoms with Crippen molar-refractivity contribution in [2.24, 2.45) is 0 Å². The molecule has 0 radical (unpaired) electrons. The van der Waals surface area contributed by atoms with Gasteiger partial charge < -0.3 is 14.2 Å². The highest BCUT2D eigenvalue weighted by Crippen LogP contribution is 2.12. The van der Waals surface area contributed by atoms with Crippen LogP contribution in [0.3, 0.4) is 0 Å². The van der Waals surface area contributed by atoms with Crippen molar-refractivity contribution < 1.29 is 28.6 Å². The molecule has 0 aromatic carbocycles. The fraction of sp³-hybridized carbons (Fsp3) is 0.750. The van der Waals surface area contributed by atoms with Crippen molar-refractivity contribution in [1.29, 1.82) is 0 Å². The highest BCUT2D eigenvalue weighted by atomic mass is 16.6. The normalized spacial score (nSPS) is 11.7. The lowest BCUT2D eigenvalue weighted by Gasteiger charge is -2.18. The monoisotopic (exact) mass is 590 g/mol. The van der Waals surface area contributed by atoms with Crippen LogP contribution in [-0.2, 0) is 28.6 Å². The topological polar surface area (TPSA) is 78.9 Å². The predicted molar refractivity (Wildman–Crippen MR) is 173 cm³/mol. The molecule has 0 aliphatic rings. The van der Waals surface area contributed by atoms with Crippen LogP contribution in [-0.4, -0.2) is 37.2 Å². The van der Waals surface area contributed by atoms with Gasteiger partial charge in [0.1, 0.15) is 13.2 Å². The molecule has 0 bridgehead atoms. The average Bonchev–Trinajstić information content (AvgIpc) is 2.98. The van der Waals surface area contributed by atoms with Gasteiger partial charge in [-0.05, 0) is 78.6 Å². The molecule has 0 atom stereocenters. The van der Waals surface area contributed by atoms with E-state index in [9.17, 15) is 14.4 Å². The van der Waals surface area contributed by atoms with Crippen molar-refractivity contribution in [1.82, 2.24) is 0 Å². The first kappa shape index (κ1) is 39.6. The van der Waals surface area contributed by atoms with Crippen LogP contribution in [0.4, 0.5) is 0 Å². The van der Waals surface area contributed by atoms with E-state index in [0.717, 1.165) is 96.3 Å². The van der Waals surface area contributed by atoms with Crippen LogP contribution in [0.15, 0.2) is 36.5 Å². The van der Waals surface area contributed by atoms with Gasteiger partial charge in [0, 0.05) is 19.3 Å². The number of rotatable bonds is 29. The van der Waals surface area contributed by atoms with Gasteiger partial charge in [-0.15, -0.1) is 0 Å². The van der Waals surface area contributed by atoms with E-state index in [0.29, 0.717) is 19.3 Å². The quantitative estimate of drug-likeness (QED) is 0.0373. The summed E-state index contributed by atoms with van der Waals surface area (Å²) in [6.45, 7) is 5.93. The van der Waals surface area contributed by atoms with Gasteiger partial charge >= 0.3 is 17.9 Å². The van der Waals surface area contributed by atoms with E-state index in [1.807, 2.05) is 20.8 Å². The number of unbranched alkanes of at least 4 members (excludes halogenated alkanes) is 15. The molecular formula is C36H62O6. The predicted octanol–water partition coefficient (Wildman–Crippen LogP) is 9.90. The summed E-state index contributed by atoms with van der Waals surface area (Å²) in [5.41, 5.74) is 0. The zero-order valence-corrected chi connectivity index (χ0v) is 27.3. The van der Waals surface area contributed by atoms with Crippen LogP contribution in [0, 0.1) is 0 Å². The molecule has 0 aromatic rings. The molecule has 42 heavy (non-hydrogen) atoms. The maximum Gasteiger partial charge on any atom is 0.306 e. The van der Waals surface area contributed by atoms with Crippen LogP contribution >= 0.6 is 0 Å². The van der Waals surface area contributed by atoms with Crippen LogP contribution in [0.25, 0.3) is 0 Å². The number of ether oxygens (including phenoxy) is 3. The van der Waals surface area contributed by atoms with Crippen LogP contribution in [0.1, 0.15) is 156 Å². The van der Waals surface area contributed by atoms with Gasteiger partial charge in [0.2, 0.25) is 0 Å². The molecule has 0 fully saturated rings. The fourth-order valence-electron chi connectivity index (χ4n) is 4.56. The molecule has 0 aromatic heterocycles. The van der Waals surface area contributed by atoms with Gasteiger partial charge in [-0.25, -0.2) is 0 Å². The van der Waals surface area contributed by atoms with E-state index >= 15 is 0 Å². The number of allylic oxidation sites excluding steroid dienone is 6. The molecule has 0 saturated heterocycles. The summed E-state index contributed by atoms with van der Waals surface area (Å²) in [5, 5.41) is 0. The van der Waals surface area contributed by atoms with Crippen molar-refractivity contribution in [2.75, 3.05) is 13.2 Å². The molecular weight excluding hydrogens is 528 g/mol. The minimum absolute atomic E-state index is 0.0850. The summed E-state index contributed by atoms with van der Waals surface area (Å²) in [7, 11) is 0. The van der Waals surface area contributed by atoms with Crippen molar-refractivity contribution in [3.05, 3.63) is 36.5 Å². The first-order chi connectivity index (χ1) is 20.5. The molecule has 0 saturated carbocycles.